The number of allylic oxidation sites excluding steroid dienone is 8. The van der Waals surface area contributed by atoms with Gasteiger partial charge in [-0.3, -0.25) is 34.5 Å². The van der Waals surface area contributed by atoms with Crippen LogP contribution in [0, 0.1) is 114 Å². The molecule has 4 amide bonds. The van der Waals surface area contributed by atoms with Gasteiger partial charge in [-0.25, -0.2) is 9.59 Å². The monoisotopic (exact) mass is 1590 g/mol. The van der Waals surface area contributed by atoms with Crippen molar-refractivity contribution < 1.29 is 28.7 Å². The van der Waals surface area contributed by atoms with Gasteiger partial charge < -0.3 is 29.1 Å². The van der Waals surface area contributed by atoms with Gasteiger partial charge in [-0.05, 0) is 362 Å². The highest BCUT2D eigenvalue weighted by Gasteiger charge is 2.66. The molecule has 12 fully saturated rings. The topological polar surface area (TPSA) is 164 Å². The molecule has 8 heterocycles. The van der Waals surface area contributed by atoms with Crippen LogP contribution in [-0.4, -0.2) is 133 Å². The van der Waals surface area contributed by atoms with Gasteiger partial charge in [0.2, 0.25) is 11.8 Å². The molecule has 4 saturated heterocycles. The van der Waals surface area contributed by atoms with Crippen molar-refractivity contribution in [2.75, 3.05) is 40.4 Å². The van der Waals surface area contributed by atoms with Crippen molar-refractivity contribution in [1.82, 2.24) is 44.5 Å². The largest absolute Gasteiger partial charge is 0.453 e. The Balaban J connectivity index is 0.000000112. The van der Waals surface area contributed by atoms with Crippen molar-refractivity contribution in [2.45, 2.75) is 294 Å². The quantitative estimate of drug-likeness (QED) is 0.165. The summed E-state index contributed by atoms with van der Waals surface area (Å²) in [4.78, 5) is 80.5. The summed E-state index contributed by atoms with van der Waals surface area (Å²) in [5, 5.41) is 0. The summed E-state index contributed by atoms with van der Waals surface area (Å²) in [6.07, 6.45) is 60.7. The third-order valence-corrected chi connectivity index (χ3v) is 37.9. The summed E-state index contributed by atoms with van der Waals surface area (Å²) in [6.45, 7) is 34.1. The van der Waals surface area contributed by atoms with Crippen LogP contribution in [0.5, 0.6) is 0 Å². The molecule has 117 heavy (non-hydrogen) atoms. The van der Waals surface area contributed by atoms with Gasteiger partial charge in [0.05, 0.1) is 26.1 Å². The number of aryl methyl sites for hydroxylation is 3. The lowest BCUT2D eigenvalue weighted by atomic mass is 9.48. The summed E-state index contributed by atoms with van der Waals surface area (Å²) in [5.41, 5.74) is 17.4. The number of aromatic nitrogens is 5. The van der Waals surface area contributed by atoms with Gasteiger partial charge in [0, 0.05) is 113 Å². The van der Waals surface area contributed by atoms with Gasteiger partial charge >= 0.3 is 12.2 Å². The average molecular weight is 1590 g/mol. The first-order valence-corrected chi connectivity index (χ1v) is 46.9. The van der Waals surface area contributed by atoms with Gasteiger partial charge in [-0.15, -0.1) is 0 Å². The minimum atomic E-state index is -0.129. The zero-order valence-corrected chi connectivity index (χ0v) is 74.1. The van der Waals surface area contributed by atoms with Gasteiger partial charge in [0.25, 0.3) is 0 Å². The number of amides is 4. The van der Waals surface area contributed by atoms with E-state index in [4.69, 9.17) is 9.47 Å². The van der Waals surface area contributed by atoms with Crippen molar-refractivity contribution in [3.63, 3.8) is 0 Å². The third kappa shape index (κ3) is 13.2. The van der Waals surface area contributed by atoms with Crippen LogP contribution in [-0.2, 0) is 38.3 Å². The predicted octanol–water partition coefficient (Wildman–Crippen LogP) is 21.7. The number of carbonyl (C=O) groups excluding carboxylic acids is 4. The smallest absolute Gasteiger partial charge is 0.409 e. The Hall–Kier alpha value is -7.03. The molecule has 8 saturated carbocycles. The Morgan fingerprint density at radius 1 is 0.368 bits per heavy atom. The number of hydrogen-bond donors (Lipinski definition) is 0. The maximum Gasteiger partial charge on any atom is 0.409 e. The number of ether oxygens (including phenoxy) is 2. The van der Waals surface area contributed by atoms with Crippen molar-refractivity contribution >= 4 is 46.3 Å². The van der Waals surface area contributed by atoms with Gasteiger partial charge in [-0.2, -0.15) is 0 Å². The van der Waals surface area contributed by atoms with Crippen LogP contribution in [0.25, 0.3) is 22.3 Å². The standard InChI is InChI=1S/C27H38N2O.2C26H36N2O2.C23H31N3O/c1-5-18-15-19(17-28-16-18)21-8-9-22-20-7-10-24-27(4,13-14-29(24)25(30)6-2)23(20)11-12-26(21,22)3;2*1-5-17-14-18(16-27-15-17)20-7-8-21-19-6-9-23-26(3,12-13-28(23)24(29)30-4)22(19)10-11-25(20,21)2;1-15(27)26-13-10-23(3)18-8-9-22(2)17(16(18)4-7-21(23)26)5-6-19(22)20-14-24-11-12-25-20/h8,15-17,20,22-24H,5-7,9-14H2,1-4H3;2*7,14-16,19,21-23H,5-6,8-13H2,1-4H3;6,11-12,14,16-18,21H,4-5,7-10,13H2,1-3H3/t20-,22-,23-,24?,26+,27+;2*19-,21-,22-,23?,25+,26+;16-,17-,18-,21?,22-,23+/m0000/s1. The number of hydrogen-bond acceptors (Lipinski definition) is 11. The van der Waals surface area contributed by atoms with E-state index < -0.39 is 0 Å². The fourth-order valence-corrected chi connectivity index (χ4v) is 31.8. The van der Waals surface area contributed by atoms with Crippen LogP contribution in [0.1, 0.15) is 290 Å². The molecular weight excluding hydrogens is 1450 g/mol. The number of carbonyl (C=O) groups is 4. The Morgan fingerprint density at radius 2 is 0.684 bits per heavy atom. The molecule has 0 radical (unpaired) electrons. The van der Waals surface area contributed by atoms with Gasteiger partial charge in [0.15, 0.2) is 0 Å². The molecule has 20 rings (SSSR count). The zero-order valence-electron chi connectivity index (χ0n) is 74.1. The molecule has 0 N–H and O–H groups in total. The molecule has 4 aliphatic heterocycles. The highest BCUT2D eigenvalue weighted by atomic mass is 16.5. The second-order valence-electron chi connectivity index (χ2n) is 42.0. The fourth-order valence-electron chi connectivity index (χ4n) is 31.8. The fraction of sp³-hybridized carbons (Fsp3) is 0.696. The maximum atomic E-state index is 12.6. The Kier molecular flexibility index (Phi) is 22.1. The molecule has 0 bridgehead atoms. The Morgan fingerprint density at radius 3 is 1.00 bits per heavy atom. The van der Waals surface area contributed by atoms with Crippen LogP contribution < -0.4 is 0 Å². The van der Waals surface area contributed by atoms with E-state index >= 15 is 0 Å². The predicted molar refractivity (Wildman–Crippen MR) is 465 cm³/mol. The molecule has 16 aliphatic rings. The lowest BCUT2D eigenvalue weighted by Gasteiger charge is -2.57. The molecule has 630 valence electrons. The highest BCUT2D eigenvalue weighted by molar-refractivity contribution is 5.78. The normalized spacial score (nSPS) is 40.5. The van der Waals surface area contributed by atoms with E-state index in [2.05, 4.69) is 172 Å². The first-order valence-electron chi connectivity index (χ1n) is 46.9. The first-order chi connectivity index (χ1) is 56.2. The van der Waals surface area contributed by atoms with E-state index in [0.29, 0.717) is 47.3 Å². The molecule has 4 aromatic rings. The van der Waals surface area contributed by atoms with E-state index in [1.54, 1.807) is 29.8 Å². The first kappa shape index (κ1) is 82.3. The second-order valence-corrected chi connectivity index (χ2v) is 42.0. The molecular formula is C102H141N9O6. The minimum absolute atomic E-state index is 0.129. The lowest BCUT2D eigenvalue weighted by molar-refractivity contribution is -0.136. The van der Waals surface area contributed by atoms with E-state index in [-0.39, 0.29) is 50.6 Å². The molecule has 4 aromatic heterocycles. The van der Waals surface area contributed by atoms with E-state index in [1.807, 2.05) is 47.7 Å². The van der Waals surface area contributed by atoms with Crippen LogP contribution in [0.4, 0.5) is 9.59 Å². The summed E-state index contributed by atoms with van der Waals surface area (Å²) < 4.78 is 10.2. The number of fused-ring (bicyclic) bond motifs is 20. The van der Waals surface area contributed by atoms with E-state index in [9.17, 15) is 19.2 Å². The molecule has 24 atom stereocenters. The maximum absolute atomic E-state index is 12.6. The Bertz CT molecular complexity index is 4210. The third-order valence-electron chi connectivity index (χ3n) is 37.9. The van der Waals surface area contributed by atoms with Crippen LogP contribution in [0.15, 0.2) is 98.3 Å². The minimum Gasteiger partial charge on any atom is -0.453 e. The zero-order chi connectivity index (χ0) is 82.1. The molecule has 0 aromatic carbocycles. The summed E-state index contributed by atoms with van der Waals surface area (Å²) in [5.74, 6) is 9.65. The van der Waals surface area contributed by atoms with Gasteiger partial charge in [-0.1, -0.05) is 107 Å². The van der Waals surface area contributed by atoms with E-state index in [1.165, 1.54) is 182 Å². The number of likely N-dealkylation sites (tertiary alicyclic amines) is 4. The molecule has 15 heteroatoms. The Labute approximate surface area is 701 Å². The number of methoxy groups -OCH3 is 2. The van der Waals surface area contributed by atoms with Crippen LogP contribution >= 0.6 is 0 Å². The molecule has 4 unspecified atom stereocenters. The second kappa shape index (κ2) is 31.5. The van der Waals surface area contributed by atoms with E-state index in [0.717, 1.165) is 148 Å². The van der Waals surface area contributed by atoms with Crippen molar-refractivity contribution in [3.05, 3.63) is 137 Å². The SMILES string of the molecule is CC(=O)N1CC[C@@]2(C)C1CC[C@@H]1[C@@H]2CC[C@]2(C)C(c3cnccn3)=CC[C@@H]12.CCC(=O)N1CC[C@@]2(C)C1CC[C@@H]1[C@@H]2CC[C@]2(C)C(c3cncc(CC)c3)=CC[C@@H]12.CCc1cncc(C2=CC[C@H]3[C@@H]4CCC5N(C(=O)OC)CC[C@]5(C)[C@H]4CC[C@]23C)c1.CCc1cncc(C2=CC[C@H]3[C@@H]4CCC5N(C(=O)OC)CC[C@]5(C)[C@H]4CC[C@]23C)c1. The molecule has 15 nitrogen and oxygen atoms in total. The van der Waals surface area contributed by atoms with Crippen LogP contribution in [0.3, 0.4) is 0 Å². The highest BCUT2D eigenvalue weighted by Crippen LogP contribution is 2.72. The summed E-state index contributed by atoms with van der Waals surface area (Å²) in [6, 6.07) is 8.76. The van der Waals surface area contributed by atoms with Crippen LogP contribution in [0.2, 0.25) is 0 Å². The summed E-state index contributed by atoms with van der Waals surface area (Å²) in [7, 11) is 3.04. The van der Waals surface area contributed by atoms with Crippen molar-refractivity contribution in [3.8, 4) is 0 Å². The number of nitrogens with zero attached hydrogens (tertiary/aromatic N) is 9. The number of pyridine rings is 3. The lowest BCUT2D eigenvalue weighted by Crippen LogP contribution is -2.54. The average Bonchev–Trinajstić information content (AvgIpc) is 1.59. The van der Waals surface area contributed by atoms with Crippen molar-refractivity contribution in [1.29, 1.82) is 0 Å². The van der Waals surface area contributed by atoms with Crippen molar-refractivity contribution in [2.24, 2.45) is 114 Å². The number of rotatable bonds is 8. The summed E-state index contributed by atoms with van der Waals surface area (Å²) >= 11 is 0. The van der Waals surface area contributed by atoms with Gasteiger partial charge in [0.1, 0.15) is 0 Å². The molecule has 0 spiro atoms. The molecule has 12 aliphatic carbocycles.